The standard InChI is InChI=1S/C21H20N4O4/c1-13-10-18(23-19(26)14-6-4-8-16(11-14)28-2)24-21(22-13)25-20(27)15-7-5-9-17(12-15)29-3/h4-12H,1-3H3,(H2,22,23,24,25,26,27). The number of ether oxygens (including phenoxy) is 2. The number of hydrogen-bond acceptors (Lipinski definition) is 6. The maximum Gasteiger partial charge on any atom is 0.258 e. The normalized spacial score (nSPS) is 10.2. The molecule has 0 saturated carbocycles. The molecule has 0 radical (unpaired) electrons. The first-order valence-corrected chi connectivity index (χ1v) is 8.75. The molecule has 0 aliphatic carbocycles. The fourth-order valence-corrected chi connectivity index (χ4v) is 2.58. The molecule has 2 amide bonds. The van der Waals surface area contributed by atoms with Crippen LogP contribution in [0.5, 0.6) is 11.5 Å². The molecule has 0 spiro atoms. The molecule has 2 aromatic carbocycles. The van der Waals surface area contributed by atoms with Gasteiger partial charge < -0.3 is 14.8 Å². The van der Waals surface area contributed by atoms with Crippen LogP contribution in [-0.2, 0) is 0 Å². The summed E-state index contributed by atoms with van der Waals surface area (Å²) in [5.41, 5.74) is 1.40. The van der Waals surface area contributed by atoms with Crippen molar-refractivity contribution in [2.75, 3.05) is 24.9 Å². The van der Waals surface area contributed by atoms with Crippen molar-refractivity contribution in [1.29, 1.82) is 0 Å². The van der Waals surface area contributed by atoms with Crippen LogP contribution in [0.15, 0.2) is 54.6 Å². The highest BCUT2D eigenvalue weighted by Gasteiger charge is 2.13. The molecule has 0 unspecified atom stereocenters. The van der Waals surface area contributed by atoms with Crippen molar-refractivity contribution in [2.24, 2.45) is 0 Å². The maximum absolute atomic E-state index is 12.5. The topological polar surface area (TPSA) is 102 Å². The van der Waals surface area contributed by atoms with Crippen LogP contribution in [0.2, 0.25) is 0 Å². The van der Waals surface area contributed by atoms with Crippen LogP contribution in [-0.4, -0.2) is 36.0 Å². The van der Waals surface area contributed by atoms with Gasteiger partial charge in [-0.1, -0.05) is 12.1 Å². The Morgan fingerprint density at radius 2 is 1.34 bits per heavy atom. The smallest absolute Gasteiger partial charge is 0.258 e. The molecule has 0 fully saturated rings. The second-order valence-electron chi connectivity index (χ2n) is 6.09. The fourth-order valence-electron chi connectivity index (χ4n) is 2.58. The summed E-state index contributed by atoms with van der Waals surface area (Å²) in [5.74, 6) is 0.744. The number of rotatable bonds is 6. The monoisotopic (exact) mass is 392 g/mol. The Morgan fingerprint density at radius 1 is 0.793 bits per heavy atom. The number of anilines is 2. The molecule has 1 aromatic heterocycles. The third-order valence-electron chi connectivity index (χ3n) is 3.99. The number of benzene rings is 2. The van der Waals surface area contributed by atoms with E-state index in [1.165, 1.54) is 14.2 Å². The molecule has 0 saturated heterocycles. The van der Waals surface area contributed by atoms with Gasteiger partial charge in [-0.25, -0.2) is 4.98 Å². The first kappa shape index (κ1) is 19.8. The zero-order valence-electron chi connectivity index (χ0n) is 16.2. The van der Waals surface area contributed by atoms with Crippen LogP contribution >= 0.6 is 0 Å². The van der Waals surface area contributed by atoms with E-state index in [0.717, 1.165) is 0 Å². The number of aromatic nitrogens is 2. The maximum atomic E-state index is 12.5. The van der Waals surface area contributed by atoms with Gasteiger partial charge in [0.05, 0.1) is 14.2 Å². The Kier molecular flexibility index (Phi) is 6.03. The molecular weight excluding hydrogens is 372 g/mol. The molecule has 0 aliphatic rings. The van der Waals surface area contributed by atoms with Gasteiger partial charge in [0.2, 0.25) is 5.95 Å². The van der Waals surface area contributed by atoms with Crippen LogP contribution < -0.4 is 20.1 Å². The number of carbonyl (C=O) groups excluding carboxylic acids is 2. The van der Waals surface area contributed by atoms with Crippen molar-refractivity contribution >= 4 is 23.6 Å². The molecule has 1 heterocycles. The Morgan fingerprint density at radius 3 is 1.90 bits per heavy atom. The van der Waals surface area contributed by atoms with E-state index in [2.05, 4.69) is 20.6 Å². The fraction of sp³-hybridized carbons (Fsp3) is 0.143. The van der Waals surface area contributed by atoms with Gasteiger partial charge in [0.25, 0.3) is 11.8 Å². The number of carbonyl (C=O) groups is 2. The van der Waals surface area contributed by atoms with Crippen LogP contribution in [0.3, 0.4) is 0 Å². The van der Waals surface area contributed by atoms with Crippen LogP contribution in [0, 0.1) is 6.92 Å². The van der Waals surface area contributed by atoms with Crippen molar-refractivity contribution < 1.29 is 19.1 Å². The highest BCUT2D eigenvalue weighted by atomic mass is 16.5. The van der Waals surface area contributed by atoms with E-state index in [9.17, 15) is 9.59 Å². The molecular formula is C21H20N4O4. The van der Waals surface area contributed by atoms with Gasteiger partial charge in [0.1, 0.15) is 17.3 Å². The van der Waals surface area contributed by atoms with Crippen LogP contribution in [0.4, 0.5) is 11.8 Å². The molecule has 0 atom stereocenters. The van der Waals surface area contributed by atoms with E-state index in [1.807, 2.05) is 0 Å². The zero-order valence-corrected chi connectivity index (χ0v) is 16.2. The largest absolute Gasteiger partial charge is 0.497 e. The van der Waals surface area contributed by atoms with Crippen molar-refractivity contribution in [3.63, 3.8) is 0 Å². The minimum absolute atomic E-state index is 0.0822. The second kappa shape index (κ2) is 8.83. The number of hydrogen-bond donors (Lipinski definition) is 2. The molecule has 3 rings (SSSR count). The van der Waals surface area contributed by atoms with Gasteiger partial charge in [-0.3, -0.25) is 14.9 Å². The Hall–Kier alpha value is -3.94. The summed E-state index contributed by atoms with van der Waals surface area (Å²) in [6.45, 7) is 1.74. The van der Waals surface area contributed by atoms with Crippen LogP contribution in [0.25, 0.3) is 0 Å². The highest BCUT2D eigenvalue weighted by Crippen LogP contribution is 2.17. The minimum Gasteiger partial charge on any atom is -0.497 e. The van der Waals surface area contributed by atoms with E-state index < -0.39 is 0 Å². The van der Waals surface area contributed by atoms with Gasteiger partial charge in [-0.2, -0.15) is 4.98 Å². The number of methoxy groups -OCH3 is 2. The summed E-state index contributed by atoms with van der Waals surface area (Å²) in [7, 11) is 3.06. The third kappa shape index (κ3) is 5.07. The van der Waals surface area contributed by atoms with Gasteiger partial charge in [0.15, 0.2) is 0 Å². The summed E-state index contributed by atoms with van der Waals surface area (Å²) in [6, 6.07) is 15.1. The lowest BCUT2D eigenvalue weighted by Gasteiger charge is -2.10. The Labute approximate surface area is 167 Å². The highest BCUT2D eigenvalue weighted by molar-refractivity contribution is 6.05. The SMILES string of the molecule is COc1cccc(C(=O)Nc2cc(C)nc(NC(=O)c3cccc(OC)c3)n2)c1. The van der Waals surface area contributed by atoms with Gasteiger partial charge in [-0.15, -0.1) is 0 Å². The summed E-state index contributed by atoms with van der Waals surface area (Å²) in [5, 5.41) is 5.34. The molecule has 8 heteroatoms. The lowest BCUT2D eigenvalue weighted by Crippen LogP contribution is -2.17. The predicted octanol–water partition coefficient (Wildman–Crippen LogP) is 3.31. The summed E-state index contributed by atoms with van der Waals surface area (Å²) in [6.07, 6.45) is 0. The van der Waals surface area contributed by atoms with Crippen molar-refractivity contribution in [1.82, 2.24) is 9.97 Å². The summed E-state index contributed by atoms with van der Waals surface area (Å²) < 4.78 is 10.3. The number of nitrogens with one attached hydrogen (secondary N) is 2. The van der Waals surface area contributed by atoms with E-state index in [-0.39, 0.29) is 23.6 Å². The Bertz CT molecular complexity index is 973. The average molecular weight is 392 g/mol. The third-order valence-corrected chi connectivity index (χ3v) is 3.99. The van der Waals surface area contributed by atoms with Gasteiger partial charge in [0, 0.05) is 22.9 Å². The quantitative estimate of drug-likeness (QED) is 0.667. The molecule has 0 aliphatic heterocycles. The lowest BCUT2D eigenvalue weighted by atomic mass is 10.2. The first-order valence-electron chi connectivity index (χ1n) is 8.75. The van der Waals surface area contributed by atoms with Gasteiger partial charge in [-0.05, 0) is 43.3 Å². The summed E-state index contributed by atoms with van der Waals surface area (Å²) in [4.78, 5) is 33.4. The zero-order chi connectivity index (χ0) is 20.8. The predicted molar refractivity (Wildman–Crippen MR) is 109 cm³/mol. The number of nitrogens with zero attached hydrogens (tertiary/aromatic N) is 2. The van der Waals surface area contributed by atoms with E-state index in [0.29, 0.717) is 28.3 Å². The van der Waals surface area contributed by atoms with Crippen LogP contribution in [0.1, 0.15) is 26.4 Å². The van der Waals surface area contributed by atoms with E-state index >= 15 is 0 Å². The number of aryl methyl sites for hydroxylation is 1. The molecule has 0 bridgehead atoms. The molecule has 148 valence electrons. The first-order chi connectivity index (χ1) is 14.0. The Balaban J connectivity index is 1.77. The average Bonchev–Trinajstić information content (AvgIpc) is 2.73. The minimum atomic E-state index is -0.389. The van der Waals surface area contributed by atoms with Gasteiger partial charge >= 0.3 is 0 Å². The second-order valence-corrected chi connectivity index (χ2v) is 6.09. The number of amides is 2. The van der Waals surface area contributed by atoms with E-state index in [1.54, 1.807) is 61.5 Å². The van der Waals surface area contributed by atoms with Crippen molar-refractivity contribution in [3.8, 4) is 11.5 Å². The molecule has 8 nitrogen and oxygen atoms in total. The van der Waals surface area contributed by atoms with Crippen molar-refractivity contribution in [2.45, 2.75) is 6.92 Å². The molecule has 3 aromatic rings. The van der Waals surface area contributed by atoms with Crippen molar-refractivity contribution in [3.05, 3.63) is 71.4 Å². The molecule has 29 heavy (non-hydrogen) atoms. The lowest BCUT2D eigenvalue weighted by molar-refractivity contribution is 0.101. The van der Waals surface area contributed by atoms with E-state index in [4.69, 9.17) is 9.47 Å². The summed E-state index contributed by atoms with van der Waals surface area (Å²) >= 11 is 0. The molecule has 2 N–H and O–H groups in total.